The maximum absolute atomic E-state index is 5.84. The Kier molecular flexibility index (Phi) is 44.8. The van der Waals surface area contributed by atoms with E-state index in [2.05, 4.69) is 0 Å². The van der Waals surface area contributed by atoms with Gasteiger partial charge in [-0.3, -0.25) is 0 Å². The molecule has 0 unspecified atom stereocenters. The Morgan fingerprint density at radius 1 is 0.0900 bits per heavy atom. The lowest BCUT2D eigenvalue weighted by Gasteiger charge is -3.02. The molecule has 0 spiro atoms. The van der Waals surface area contributed by atoms with Gasteiger partial charge in [-0.1, -0.05) is 0 Å². The summed E-state index contributed by atoms with van der Waals surface area (Å²) < 4.78 is 0. The van der Waals surface area contributed by atoms with Gasteiger partial charge in [0, 0.05) is 858 Å². The highest BCUT2D eigenvalue weighted by molar-refractivity contribution is 8.83. The normalized spacial score (nSPS) is 17.6. The van der Waals surface area contributed by atoms with Crippen LogP contribution in [0.15, 0.2) is 0 Å². The van der Waals surface area contributed by atoms with Gasteiger partial charge in [0.05, 0.1) is 0 Å². The Labute approximate surface area is 840 Å². The van der Waals surface area contributed by atoms with Crippen LogP contribution in [0.1, 0.15) is 0 Å². The van der Waals surface area contributed by atoms with Crippen LogP contribution in [-0.2, 0) is 0 Å². The predicted octanol–water partition coefficient (Wildman–Crippen LogP) is -38.1. The predicted molar refractivity (Wildman–Crippen MR) is 575 cm³/mol. The van der Waals surface area contributed by atoms with Gasteiger partial charge in [-0.25, -0.2) is 0 Å². The van der Waals surface area contributed by atoms with Crippen molar-refractivity contribution in [3.8, 4) is 0 Å². The first-order chi connectivity index (χ1) is 41.7. The average Bonchev–Trinajstić information content (AvgIpc) is 0.570. The Bertz CT molecular complexity index is 2270. The van der Waals surface area contributed by atoms with Gasteiger partial charge < -0.3 is 0 Å². The second-order valence-electron chi connectivity index (χ2n) is 24.4. The molecule has 0 aliphatic rings. The van der Waals surface area contributed by atoms with Gasteiger partial charge in [0.1, 0.15) is 0 Å². The van der Waals surface area contributed by atoms with Crippen LogP contribution >= 0.6 is 0 Å². The molecular weight excluding hydrogens is 2810 g/mol. The molecule has 0 aliphatic heterocycles. The van der Waals surface area contributed by atoms with Gasteiger partial charge >= 0.3 is 0 Å². The highest BCUT2D eigenvalue weighted by Gasteiger charge is 3.08. The van der Waals surface area contributed by atoms with E-state index in [0.29, 0.717) is 0 Å². The van der Waals surface area contributed by atoms with Crippen molar-refractivity contribution in [2.24, 2.45) is 0 Å². The van der Waals surface area contributed by atoms with Crippen molar-refractivity contribution in [2.45, 2.75) is 0 Å². The molecule has 0 atom stereocenters. The minimum atomic E-state index is -5.84. The fraction of sp³-hybridized carbons (Fsp3) is 0. The van der Waals surface area contributed by atoms with E-state index >= 15 is 0 Å². The summed E-state index contributed by atoms with van der Waals surface area (Å²) in [4.78, 5) is 0. The van der Waals surface area contributed by atoms with Crippen LogP contribution in [0.25, 0.3) is 0 Å². The molecule has 0 fully saturated rings. The van der Waals surface area contributed by atoms with Crippen LogP contribution in [0.4, 0.5) is 0 Å². The van der Waals surface area contributed by atoms with Gasteiger partial charge in [-0.05, 0) is 0 Å². The Morgan fingerprint density at radius 2 is 0.150 bits per heavy atom. The first kappa shape index (κ1) is 122. The zero-order valence-corrected chi connectivity index (χ0v) is 150. The SMILES string of the molecule is [Si][Si]([Si])[Si]([Si])([Si])[Si]([Si]([Si]([Si])([Si])[Si])([Si]([Si])([Si])[Si])[Si]([Si])([Si])[Si])([Si]([Si]([Si])([Si])[Si])([Si]([Si])([Si])[Si])[Si]([Si])([Si])[Si])[Si]([Si]([Si]([Si])([Si])[Si])([Si]([Si])([Si])[Si])[Si]([Si])([Si])[Si])([Si]([Si]([Si])([Si])[Si])([Si]([Si])([Si])[Si])[Si]([Si])([Si])[Si])[Si]([Si]([Si]([Si])([Si])[Si])([Si]([Si])([Si])[Si])[Si]([Si])([Si])[Si])([Si]([Si]([Si])([Si])[Si])([Si]([Si])([Si])[Si])[Si]([Si])([Si])[Si])[Si]([Si]([Si])([Si])[Si])([Si]([Si])([Si])[Si])[Si]([Si])([Si])[Si]. The molecule has 0 N–H and O–H groups in total. The van der Waals surface area contributed by atoms with Crippen LogP contribution in [0.2, 0.25) is 0 Å². The van der Waals surface area contributed by atoms with E-state index in [-0.39, 0.29) is 0 Å². The summed E-state index contributed by atoms with van der Waals surface area (Å²) >= 11 is 0. The van der Waals surface area contributed by atoms with Crippen LogP contribution in [0, 0.1) is 0 Å². The fourth-order valence-corrected chi connectivity index (χ4v) is 4150. The van der Waals surface area contributed by atoms with Crippen molar-refractivity contribution in [3.63, 3.8) is 0 Å². The van der Waals surface area contributed by atoms with E-state index in [1.54, 1.807) is 0 Å². The standard InChI is InChI=1S/Si100/c1-68(2)90(66,67)98(91(69(3,4)5,70(6,7)8)71(9,10)11,92(72(12,13)14,73(15,16)17)74(18,19)20)100(96(84(48,49)50,85(51,52)53)86(54,55)56,97(87(57,58)59,88(60,61)62)89(63,64)65)99(93(75(21,22)23,76(24,25)26)77(27,28)29,94(78(30,31)32,79(33,34)35)80(36,37)38)95(81(39,40)41,82(42,43)44)83(45,46)47. The number of hydrogen-bond donors (Lipinski definition) is 0. The van der Waals surface area contributed by atoms with Crippen molar-refractivity contribution in [1.29, 1.82) is 0 Å². The smallest absolute Gasteiger partial charge is 0 e. The largest absolute Gasteiger partial charge is 0 e. The van der Waals surface area contributed by atoms with Crippen molar-refractivity contribution >= 4 is 858 Å². The third-order valence-corrected chi connectivity index (χ3v) is 1440. The molecule has 0 rings (SSSR count). The summed E-state index contributed by atoms with van der Waals surface area (Å²) in [7, 11) is 353. The first-order valence-electron chi connectivity index (χ1n) is 24.8. The average molecular weight is 2810 g/mol. The van der Waals surface area contributed by atoms with Gasteiger partial charge in [0.25, 0.3) is 0 Å². The summed E-state index contributed by atoms with van der Waals surface area (Å²) in [5.74, 6) is 0. The van der Waals surface area contributed by atoms with Gasteiger partial charge in [-0.2, -0.15) is 0 Å². The molecule has 0 heterocycles. The molecule has 0 bridgehead atoms. The quantitative estimate of drug-likeness (QED) is 0.0589. The summed E-state index contributed by atoms with van der Waals surface area (Å²) in [5, 5.41) is 0. The van der Waals surface area contributed by atoms with E-state index in [9.17, 15) is 0 Å². The maximum atomic E-state index is 5.78. The van der Waals surface area contributed by atoms with Crippen LogP contribution < -0.4 is 0 Å². The molecule has 0 amide bonds. The van der Waals surface area contributed by atoms with Crippen molar-refractivity contribution < 1.29 is 0 Å². The summed E-state index contributed by atoms with van der Waals surface area (Å²) in [5.41, 5.74) is 0. The third kappa shape index (κ3) is 17.9. The Hall–Kier alpha value is 21.7. The summed E-state index contributed by atoms with van der Waals surface area (Å²) in [6.45, 7) is 0. The van der Waals surface area contributed by atoms with E-state index in [1.165, 1.54) is 0 Å². The number of hydrogen-bond acceptors (Lipinski definition) is 0. The molecule has 202 radical (unpaired) electrons. The molecule has 0 aromatic rings. The second kappa shape index (κ2) is 36.8. The van der Waals surface area contributed by atoms with Crippen LogP contribution in [-0.4, -0.2) is 858 Å². The van der Waals surface area contributed by atoms with Crippen molar-refractivity contribution in [2.75, 3.05) is 0 Å². The van der Waals surface area contributed by atoms with E-state index in [4.69, 9.17) is 654 Å². The lowest BCUT2D eigenvalue weighted by molar-refractivity contribution is 2.73. The first-order valence-corrected chi connectivity index (χ1v) is 223. The topological polar surface area (TPSA) is 0 Å². The van der Waals surface area contributed by atoms with E-state index < -0.39 is 204 Å². The van der Waals surface area contributed by atoms with Gasteiger partial charge in [0.2, 0.25) is 0 Å². The highest BCUT2D eigenvalue weighted by atomic mass is 31.2. The molecular formula is Si100. The molecule has 0 saturated carbocycles. The Balaban J connectivity index is 19.4. The lowest BCUT2D eigenvalue weighted by Crippen LogP contribution is -3.40. The molecule has 100 heteroatoms. The van der Waals surface area contributed by atoms with Gasteiger partial charge in [-0.15, -0.1) is 0 Å². The minimum absolute atomic E-state index is 2.49. The Morgan fingerprint density at radius 3 is 0.210 bits per heavy atom. The highest BCUT2D eigenvalue weighted by Crippen LogP contribution is 2.69. The van der Waals surface area contributed by atoms with Crippen molar-refractivity contribution in [1.82, 2.24) is 0 Å². The number of rotatable bonds is 32. The third-order valence-electron chi connectivity index (χ3n) is 17.8. The minimum Gasteiger partial charge on any atom is 0 e. The molecule has 100 heavy (non-hydrogen) atoms. The zero-order chi connectivity index (χ0) is 83.6. The summed E-state index contributed by atoms with van der Waals surface area (Å²) in [6, 6.07) is 0. The molecule has 0 saturated heterocycles. The molecule has 400 valence electrons. The summed E-state index contributed by atoms with van der Waals surface area (Å²) in [6.07, 6.45) is -144. The van der Waals surface area contributed by atoms with E-state index in [0.717, 1.165) is 0 Å². The van der Waals surface area contributed by atoms with E-state index in [1.807, 2.05) is 0 Å². The molecule has 0 aromatic heterocycles. The molecule has 0 nitrogen and oxygen atoms in total. The van der Waals surface area contributed by atoms with Gasteiger partial charge in [0.15, 0.2) is 0 Å². The molecule has 0 aliphatic carbocycles. The molecule has 0 aromatic carbocycles. The second-order valence-corrected chi connectivity index (χ2v) is 658. The zero-order valence-electron chi connectivity index (χ0n) is 50.0. The van der Waals surface area contributed by atoms with Crippen LogP contribution in [0.5, 0.6) is 0 Å². The van der Waals surface area contributed by atoms with Crippen molar-refractivity contribution in [3.05, 3.63) is 0 Å². The van der Waals surface area contributed by atoms with Crippen LogP contribution in [0.3, 0.4) is 0 Å². The maximum Gasteiger partial charge on any atom is 0 e. The lowest BCUT2D eigenvalue weighted by atomic mass is 25.1. The fourth-order valence-electron chi connectivity index (χ4n) is 17.1. The monoisotopic (exact) mass is 2800 g/mol.